The van der Waals surface area contributed by atoms with Gasteiger partial charge in [-0.15, -0.1) is 0 Å². The minimum Gasteiger partial charge on any atom is -0.497 e. The second-order valence-corrected chi connectivity index (χ2v) is 3.71. The monoisotopic (exact) mass is 224 g/mol. The van der Waals surface area contributed by atoms with Gasteiger partial charge < -0.3 is 4.74 Å². The zero-order valence-corrected chi connectivity index (χ0v) is 9.77. The molecule has 2 rings (SSSR count). The summed E-state index contributed by atoms with van der Waals surface area (Å²) in [6.45, 7) is 2.00. The Morgan fingerprint density at radius 1 is 1.24 bits per heavy atom. The van der Waals surface area contributed by atoms with Crippen LogP contribution in [0.25, 0.3) is 11.1 Å². The van der Waals surface area contributed by atoms with Crippen molar-refractivity contribution in [3.05, 3.63) is 47.8 Å². The molecule has 0 saturated heterocycles. The molecular formula is C14H12N2O. The van der Waals surface area contributed by atoms with Gasteiger partial charge in [-0.25, -0.2) is 0 Å². The van der Waals surface area contributed by atoms with Crippen LogP contribution in [0.5, 0.6) is 5.75 Å². The Morgan fingerprint density at radius 2 is 2.06 bits per heavy atom. The van der Waals surface area contributed by atoms with E-state index in [1.807, 2.05) is 25.1 Å². The molecule has 3 heteroatoms. The van der Waals surface area contributed by atoms with E-state index in [0.29, 0.717) is 11.3 Å². The highest BCUT2D eigenvalue weighted by Crippen LogP contribution is 2.28. The van der Waals surface area contributed by atoms with Crippen LogP contribution in [0, 0.1) is 18.3 Å². The topological polar surface area (TPSA) is 45.9 Å². The summed E-state index contributed by atoms with van der Waals surface area (Å²) >= 11 is 0. The van der Waals surface area contributed by atoms with Crippen LogP contribution in [0.2, 0.25) is 0 Å². The van der Waals surface area contributed by atoms with Crippen LogP contribution in [0.15, 0.2) is 36.7 Å². The summed E-state index contributed by atoms with van der Waals surface area (Å²) in [7, 11) is 1.59. The zero-order chi connectivity index (χ0) is 12.3. The number of ether oxygens (including phenoxy) is 1. The molecule has 17 heavy (non-hydrogen) atoms. The van der Waals surface area contributed by atoms with E-state index in [4.69, 9.17) is 10.00 Å². The van der Waals surface area contributed by atoms with Crippen LogP contribution in [-0.2, 0) is 0 Å². The summed E-state index contributed by atoms with van der Waals surface area (Å²) in [5, 5.41) is 9.16. The minimum absolute atomic E-state index is 0.598. The van der Waals surface area contributed by atoms with E-state index in [9.17, 15) is 0 Å². The first-order valence-electron chi connectivity index (χ1n) is 5.25. The first-order valence-corrected chi connectivity index (χ1v) is 5.25. The van der Waals surface area contributed by atoms with Crippen LogP contribution in [-0.4, -0.2) is 12.1 Å². The van der Waals surface area contributed by atoms with Gasteiger partial charge in [-0.1, -0.05) is 0 Å². The SMILES string of the molecule is COc1ccc(-c2cnccc2C)c(C#N)c1. The number of benzene rings is 1. The first kappa shape index (κ1) is 11.2. The van der Waals surface area contributed by atoms with Crippen molar-refractivity contribution in [3.63, 3.8) is 0 Å². The summed E-state index contributed by atoms with van der Waals surface area (Å²) < 4.78 is 5.11. The molecule has 0 amide bonds. The van der Waals surface area contributed by atoms with E-state index in [-0.39, 0.29) is 0 Å². The molecule has 0 aliphatic heterocycles. The summed E-state index contributed by atoms with van der Waals surface area (Å²) in [5.74, 6) is 0.687. The number of hydrogen-bond donors (Lipinski definition) is 0. The van der Waals surface area contributed by atoms with Gasteiger partial charge in [0, 0.05) is 23.5 Å². The zero-order valence-electron chi connectivity index (χ0n) is 9.77. The molecule has 1 heterocycles. The van der Waals surface area contributed by atoms with Crippen molar-refractivity contribution in [2.24, 2.45) is 0 Å². The number of nitriles is 1. The number of aryl methyl sites for hydroxylation is 1. The van der Waals surface area contributed by atoms with Gasteiger partial charge in [-0.3, -0.25) is 4.98 Å². The Morgan fingerprint density at radius 3 is 2.71 bits per heavy atom. The molecular weight excluding hydrogens is 212 g/mol. The molecule has 0 radical (unpaired) electrons. The molecule has 2 aromatic rings. The number of nitrogens with zero attached hydrogens (tertiary/aromatic N) is 2. The van der Waals surface area contributed by atoms with Crippen LogP contribution in [0.3, 0.4) is 0 Å². The molecule has 0 aliphatic carbocycles. The van der Waals surface area contributed by atoms with Gasteiger partial charge in [-0.05, 0) is 36.8 Å². The molecule has 0 atom stereocenters. The van der Waals surface area contributed by atoms with Crippen molar-refractivity contribution < 1.29 is 4.74 Å². The van der Waals surface area contributed by atoms with Crippen molar-refractivity contribution >= 4 is 0 Å². The van der Waals surface area contributed by atoms with Crippen LogP contribution < -0.4 is 4.74 Å². The van der Waals surface area contributed by atoms with E-state index in [1.54, 1.807) is 25.6 Å². The van der Waals surface area contributed by atoms with Gasteiger partial charge in [0.15, 0.2) is 0 Å². The predicted octanol–water partition coefficient (Wildman–Crippen LogP) is 2.94. The van der Waals surface area contributed by atoms with Crippen molar-refractivity contribution in [3.8, 4) is 22.9 Å². The van der Waals surface area contributed by atoms with Crippen LogP contribution >= 0.6 is 0 Å². The lowest BCUT2D eigenvalue weighted by Crippen LogP contribution is -1.90. The van der Waals surface area contributed by atoms with Gasteiger partial charge in [-0.2, -0.15) is 5.26 Å². The lowest BCUT2D eigenvalue weighted by Gasteiger charge is -2.08. The molecule has 3 nitrogen and oxygen atoms in total. The number of aromatic nitrogens is 1. The Bertz CT molecular complexity index is 585. The molecule has 0 N–H and O–H groups in total. The lowest BCUT2D eigenvalue weighted by atomic mass is 9.98. The largest absolute Gasteiger partial charge is 0.497 e. The maximum absolute atomic E-state index is 9.16. The number of methoxy groups -OCH3 is 1. The van der Waals surface area contributed by atoms with Crippen molar-refractivity contribution in [1.29, 1.82) is 5.26 Å². The van der Waals surface area contributed by atoms with E-state index in [0.717, 1.165) is 16.7 Å². The number of rotatable bonds is 2. The average Bonchev–Trinajstić information content (AvgIpc) is 2.38. The Labute approximate surface area is 100 Å². The summed E-state index contributed by atoms with van der Waals surface area (Å²) in [4.78, 5) is 4.10. The smallest absolute Gasteiger partial charge is 0.120 e. The quantitative estimate of drug-likeness (QED) is 0.787. The summed E-state index contributed by atoms with van der Waals surface area (Å²) in [6.07, 6.45) is 3.52. The molecule has 84 valence electrons. The van der Waals surface area contributed by atoms with Gasteiger partial charge in [0.1, 0.15) is 5.75 Å². The first-order chi connectivity index (χ1) is 8.26. The third kappa shape index (κ3) is 2.11. The second kappa shape index (κ2) is 4.67. The molecule has 0 saturated carbocycles. The molecule has 0 fully saturated rings. The van der Waals surface area contributed by atoms with Gasteiger partial charge in [0.2, 0.25) is 0 Å². The maximum Gasteiger partial charge on any atom is 0.120 e. The van der Waals surface area contributed by atoms with Crippen molar-refractivity contribution in [1.82, 2.24) is 4.98 Å². The molecule has 1 aromatic carbocycles. The fourth-order valence-corrected chi connectivity index (χ4v) is 1.72. The minimum atomic E-state index is 0.598. The molecule has 0 spiro atoms. The van der Waals surface area contributed by atoms with E-state index < -0.39 is 0 Å². The van der Waals surface area contributed by atoms with Crippen molar-refractivity contribution in [2.45, 2.75) is 6.92 Å². The molecule has 0 aliphatic rings. The highest BCUT2D eigenvalue weighted by Gasteiger charge is 2.08. The van der Waals surface area contributed by atoms with E-state index in [1.165, 1.54) is 0 Å². The highest BCUT2D eigenvalue weighted by atomic mass is 16.5. The Balaban J connectivity index is 2.61. The standard InChI is InChI=1S/C14H12N2O/c1-10-5-6-16-9-14(10)13-4-3-12(17-2)7-11(13)8-15/h3-7,9H,1-2H3. The van der Waals surface area contributed by atoms with Crippen LogP contribution in [0.1, 0.15) is 11.1 Å². The maximum atomic E-state index is 9.16. The summed E-state index contributed by atoms with van der Waals surface area (Å²) in [5.41, 5.74) is 3.56. The molecule has 0 unspecified atom stereocenters. The number of hydrogen-bond acceptors (Lipinski definition) is 3. The fraction of sp³-hybridized carbons (Fsp3) is 0.143. The predicted molar refractivity (Wildman–Crippen MR) is 65.7 cm³/mol. The van der Waals surface area contributed by atoms with Gasteiger partial charge in [0.05, 0.1) is 18.7 Å². The molecule has 0 bridgehead atoms. The lowest BCUT2D eigenvalue weighted by molar-refractivity contribution is 0.414. The molecule has 1 aromatic heterocycles. The second-order valence-electron chi connectivity index (χ2n) is 3.71. The number of pyridine rings is 1. The van der Waals surface area contributed by atoms with E-state index in [2.05, 4.69) is 11.1 Å². The average molecular weight is 224 g/mol. The summed E-state index contributed by atoms with van der Waals surface area (Å²) in [6, 6.07) is 9.60. The Hall–Kier alpha value is -2.34. The third-order valence-corrected chi connectivity index (χ3v) is 2.68. The highest BCUT2D eigenvalue weighted by molar-refractivity contribution is 5.73. The van der Waals surface area contributed by atoms with Crippen LogP contribution in [0.4, 0.5) is 0 Å². The van der Waals surface area contributed by atoms with Gasteiger partial charge in [0.25, 0.3) is 0 Å². The Kier molecular flexibility index (Phi) is 3.06. The van der Waals surface area contributed by atoms with Gasteiger partial charge >= 0.3 is 0 Å². The fourth-order valence-electron chi connectivity index (χ4n) is 1.72. The van der Waals surface area contributed by atoms with E-state index >= 15 is 0 Å². The third-order valence-electron chi connectivity index (χ3n) is 2.68. The normalized spacial score (nSPS) is 9.71. The van der Waals surface area contributed by atoms with Crippen molar-refractivity contribution in [2.75, 3.05) is 7.11 Å².